The van der Waals surface area contributed by atoms with E-state index in [9.17, 15) is 14.7 Å². The van der Waals surface area contributed by atoms with Crippen LogP contribution in [0.5, 0.6) is 0 Å². The number of carbonyl (C=O) groups is 2. The number of carbonyl (C=O) groups excluding carboxylic acids is 1. The van der Waals surface area contributed by atoms with Crippen LogP contribution >= 0.6 is 0 Å². The predicted octanol–water partition coefficient (Wildman–Crippen LogP) is 2.27. The second-order valence-electron chi connectivity index (χ2n) is 7.45. The first-order chi connectivity index (χ1) is 9.94. The molecule has 1 N–H and O–H groups in total. The van der Waals surface area contributed by atoms with Crippen LogP contribution in [0.1, 0.15) is 38.5 Å². The summed E-state index contributed by atoms with van der Waals surface area (Å²) in [6.07, 6.45) is 6.06. The minimum Gasteiger partial charge on any atom is -0.481 e. The van der Waals surface area contributed by atoms with Crippen LogP contribution in [0.4, 0.5) is 4.79 Å². The molecule has 5 heteroatoms. The second-order valence-corrected chi connectivity index (χ2v) is 7.45. The predicted molar refractivity (Wildman–Crippen MR) is 78.9 cm³/mol. The van der Waals surface area contributed by atoms with Crippen LogP contribution in [0.15, 0.2) is 0 Å². The highest BCUT2D eigenvalue weighted by Crippen LogP contribution is 2.56. The van der Waals surface area contributed by atoms with Gasteiger partial charge in [-0.2, -0.15) is 0 Å². The van der Waals surface area contributed by atoms with E-state index >= 15 is 0 Å². The first kappa shape index (κ1) is 14.7. The van der Waals surface area contributed by atoms with Crippen LogP contribution in [0.25, 0.3) is 0 Å². The van der Waals surface area contributed by atoms with Crippen LogP contribution in [0, 0.1) is 23.2 Å². The van der Waals surface area contributed by atoms with Gasteiger partial charge in [-0.05, 0) is 43.4 Å². The molecule has 3 fully saturated rings. The maximum atomic E-state index is 12.1. The number of nitrogens with zero attached hydrogens (tertiary/aromatic N) is 2. The maximum absolute atomic E-state index is 12.1. The molecule has 1 unspecified atom stereocenters. The number of rotatable bonds is 2. The molecule has 118 valence electrons. The van der Waals surface area contributed by atoms with Gasteiger partial charge in [0.25, 0.3) is 0 Å². The first-order valence-electron chi connectivity index (χ1n) is 8.13. The Bertz CT molecular complexity index is 429. The van der Waals surface area contributed by atoms with Crippen molar-refractivity contribution in [3.05, 3.63) is 0 Å². The Morgan fingerprint density at radius 3 is 2.05 bits per heavy atom. The Labute approximate surface area is 126 Å². The lowest BCUT2D eigenvalue weighted by Crippen LogP contribution is -2.41. The van der Waals surface area contributed by atoms with Gasteiger partial charge in [-0.15, -0.1) is 0 Å². The van der Waals surface area contributed by atoms with E-state index in [4.69, 9.17) is 0 Å². The zero-order valence-electron chi connectivity index (χ0n) is 13.0. The Kier molecular flexibility index (Phi) is 3.62. The number of hydrogen-bond acceptors (Lipinski definition) is 2. The van der Waals surface area contributed by atoms with Gasteiger partial charge in [0, 0.05) is 27.2 Å². The third-order valence-electron chi connectivity index (χ3n) is 6.05. The van der Waals surface area contributed by atoms with Crippen LogP contribution < -0.4 is 0 Å². The number of aliphatic carboxylic acids is 1. The van der Waals surface area contributed by atoms with E-state index < -0.39 is 11.4 Å². The third kappa shape index (κ3) is 2.30. The van der Waals surface area contributed by atoms with Crippen molar-refractivity contribution in [2.24, 2.45) is 23.2 Å². The van der Waals surface area contributed by atoms with Crippen molar-refractivity contribution in [1.29, 1.82) is 0 Å². The fourth-order valence-electron chi connectivity index (χ4n) is 5.02. The number of carboxylic acids is 1. The summed E-state index contributed by atoms with van der Waals surface area (Å²) in [5.74, 6) is 0.532. The summed E-state index contributed by atoms with van der Waals surface area (Å²) in [5, 5.41) is 9.85. The van der Waals surface area contributed by atoms with E-state index in [1.54, 1.807) is 19.0 Å². The van der Waals surface area contributed by atoms with Gasteiger partial charge in [-0.25, -0.2) is 4.79 Å². The smallest absolute Gasteiger partial charge is 0.319 e. The summed E-state index contributed by atoms with van der Waals surface area (Å²) in [4.78, 5) is 27.6. The van der Waals surface area contributed by atoms with Gasteiger partial charge < -0.3 is 14.9 Å². The van der Waals surface area contributed by atoms with E-state index in [2.05, 4.69) is 0 Å². The molecule has 2 aliphatic carbocycles. The van der Waals surface area contributed by atoms with Crippen molar-refractivity contribution in [3.63, 3.8) is 0 Å². The second kappa shape index (κ2) is 5.18. The van der Waals surface area contributed by atoms with E-state index in [1.807, 2.05) is 4.90 Å². The summed E-state index contributed by atoms with van der Waals surface area (Å²) in [6, 6.07) is 0.0613. The van der Waals surface area contributed by atoms with Crippen LogP contribution in [0.2, 0.25) is 0 Å². The van der Waals surface area contributed by atoms with Crippen LogP contribution in [-0.4, -0.2) is 54.1 Å². The van der Waals surface area contributed by atoms with Crippen molar-refractivity contribution in [2.45, 2.75) is 38.5 Å². The lowest BCUT2D eigenvalue weighted by Gasteiger charge is -2.33. The molecule has 1 saturated heterocycles. The summed E-state index contributed by atoms with van der Waals surface area (Å²) >= 11 is 0. The fourth-order valence-corrected chi connectivity index (χ4v) is 5.02. The molecule has 2 saturated carbocycles. The van der Waals surface area contributed by atoms with Crippen molar-refractivity contribution in [2.75, 3.05) is 27.2 Å². The SMILES string of the molecule is CN(C)C(=O)N1C[C@@H]2CC(C(=O)O)(C3CCCC3)C[C@@H]2C1. The molecule has 1 heterocycles. The monoisotopic (exact) mass is 294 g/mol. The maximum Gasteiger partial charge on any atom is 0.319 e. The quantitative estimate of drug-likeness (QED) is 0.850. The molecule has 0 aromatic rings. The van der Waals surface area contributed by atoms with Crippen molar-refractivity contribution in [3.8, 4) is 0 Å². The van der Waals surface area contributed by atoms with Crippen LogP contribution in [0.3, 0.4) is 0 Å². The van der Waals surface area contributed by atoms with E-state index in [0.717, 1.165) is 38.8 Å². The van der Waals surface area contributed by atoms with Crippen molar-refractivity contribution >= 4 is 12.0 Å². The molecular formula is C16H26N2O3. The fraction of sp³-hybridized carbons (Fsp3) is 0.875. The Morgan fingerprint density at radius 2 is 1.62 bits per heavy atom. The van der Waals surface area contributed by atoms with Gasteiger partial charge in [0.1, 0.15) is 0 Å². The molecular weight excluding hydrogens is 268 g/mol. The van der Waals surface area contributed by atoms with Gasteiger partial charge in [0.15, 0.2) is 0 Å². The third-order valence-corrected chi connectivity index (χ3v) is 6.05. The number of likely N-dealkylation sites (tertiary alicyclic amines) is 1. The van der Waals surface area contributed by atoms with Gasteiger partial charge in [0.05, 0.1) is 5.41 Å². The topological polar surface area (TPSA) is 60.9 Å². The summed E-state index contributed by atoms with van der Waals surface area (Å²) in [6.45, 7) is 1.48. The van der Waals surface area contributed by atoms with E-state index in [0.29, 0.717) is 17.8 Å². The standard InChI is InChI=1S/C16H26N2O3/c1-17(2)15(21)18-9-11-7-16(14(19)20,8-12(11)10-18)13-5-3-4-6-13/h11-13H,3-10H2,1-2H3,(H,19,20)/t11-,12+,16?. The van der Waals surface area contributed by atoms with Gasteiger partial charge in [-0.3, -0.25) is 4.79 Å². The molecule has 0 bridgehead atoms. The molecule has 5 nitrogen and oxygen atoms in total. The number of fused-ring (bicyclic) bond motifs is 1. The Balaban J connectivity index is 1.72. The number of hydrogen-bond donors (Lipinski definition) is 1. The Morgan fingerprint density at radius 1 is 1.10 bits per heavy atom. The summed E-state index contributed by atoms with van der Waals surface area (Å²) < 4.78 is 0. The largest absolute Gasteiger partial charge is 0.481 e. The molecule has 21 heavy (non-hydrogen) atoms. The lowest BCUT2D eigenvalue weighted by molar-refractivity contribution is -0.152. The van der Waals surface area contributed by atoms with E-state index in [1.165, 1.54) is 12.8 Å². The minimum atomic E-state index is -0.589. The highest BCUT2D eigenvalue weighted by molar-refractivity contribution is 5.77. The number of carboxylic acid groups (broad SMARTS) is 1. The molecule has 0 aromatic heterocycles. The first-order valence-corrected chi connectivity index (χ1v) is 8.13. The van der Waals surface area contributed by atoms with Crippen LogP contribution in [-0.2, 0) is 4.79 Å². The van der Waals surface area contributed by atoms with Crippen molar-refractivity contribution in [1.82, 2.24) is 9.80 Å². The molecule has 3 atom stereocenters. The Hall–Kier alpha value is -1.26. The number of amides is 2. The van der Waals surface area contributed by atoms with Gasteiger partial charge >= 0.3 is 12.0 Å². The van der Waals surface area contributed by atoms with Gasteiger partial charge in [-0.1, -0.05) is 12.8 Å². The molecule has 3 aliphatic rings. The highest BCUT2D eigenvalue weighted by Gasteiger charge is 2.57. The highest BCUT2D eigenvalue weighted by atomic mass is 16.4. The summed E-state index contributed by atoms with van der Waals surface area (Å²) in [5.41, 5.74) is -0.501. The summed E-state index contributed by atoms with van der Waals surface area (Å²) in [7, 11) is 3.55. The molecule has 0 spiro atoms. The molecule has 0 aromatic carbocycles. The van der Waals surface area contributed by atoms with Gasteiger partial charge in [0.2, 0.25) is 0 Å². The molecule has 0 radical (unpaired) electrons. The molecule has 3 rings (SSSR count). The average molecular weight is 294 g/mol. The normalized spacial score (nSPS) is 36.0. The zero-order valence-corrected chi connectivity index (χ0v) is 13.0. The number of urea groups is 1. The van der Waals surface area contributed by atoms with E-state index in [-0.39, 0.29) is 6.03 Å². The average Bonchev–Trinajstić information content (AvgIpc) is 3.11. The molecule has 1 aliphatic heterocycles. The lowest BCUT2D eigenvalue weighted by atomic mass is 9.72. The minimum absolute atomic E-state index is 0.0613. The zero-order chi connectivity index (χ0) is 15.2. The molecule has 2 amide bonds. The van der Waals surface area contributed by atoms with Crippen molar-refractivity contribution < 1.29 is 14.7 Å².